The van der Waals surface area contributed by atoms with Gasteiger partial charge in [0.25, 0.3) is 11.8 Å². The van der Waals surface area contributed by atoms with Crippen LogP contribution in [0.3, 0.4) is 0 Å². The van der Waals surface area contributed by atoms with Crippen molar-refractivity contribution in [3.63, 3.8) is 0 Å². The number of hydrogen-bond donors (Lipinski definition) is 1. The Hall–Kier alpha value is -1.82. The quantitative estimate of drug-likeness (QED) is 0.141. The average molecular weight is 497 g/mol. The number of carbonyl (C=O) groups is 2. The van der Waals surface area contributed by atoms with E-state index in [2.05, 4.69) is 4.98 Å². The van der Waals surface area contributed by atoms with Gasteiger partial charge in [0, 0.05) is 50.0 Å². The second kappa shape index (κ2) is 11.2. The van der Waals surface area contributed by atoms with Gasteiger partial charge in [0.1, 0.15) is 12.3 Å². The zero-order valence-electron chi connectivity index (χ0n) is 16.8. The van der Waals surface area contributed by atoms with Crippen LogP contribution in [-0.4, -0.2) is 67.3 Å². The molecule has 1 aromatic rings. The second-order valence-electron chi connectivity index (χ2n) is 6.56. The number of halogens is 2. The number of hydrogen-bond acceptors (Lipinski definition) is 7. The molecule has 2 amide bonds. The molecular weight excluding hydrogens is 474 g/mol. The molecular formula is C16H23Cl2N6O6P. The number of carbonyl (C=O) groups excluding carboxylic acids is 2. The highest BCUT2D eigenvalue weighted by Gasteiger charge is 2.31. The van der Waals surface area contributed by atoms with Gasteiger partial charge in [-0.25, -0.2) is 14.7 Å². The lowest BCUT2D eigenvalue weighted by molar-refractivity contribution is -0.396. The number of aryl methyl sites for hydroxylation is 1. The van der Waals surface area contributed by atoms with Gasteiger partial charge in [-0.15, -0.1) is 23.2 Å². The van der Waals surface area contributed by atoms with Crippen LogP contribution in [0.1, 0.15) is 17.8 Å². The van der Waals surface area contributed by atoms with E-state index in [0.29, 0.717) is 17.8 Å². The number of rotatable bonds is 13. The van der Waals surface area contributed by atoms with E-state index in [0.717, 1.165) is 4.90 Å². The summed E-state index contributed by atoms with van der Waals surface area (Å²) in [7, 11) is -2.34. The maximum atomic E-state index is 12.8. The van der Waals surface area contributed by atoms with Crippen LogP contribution < -0.4 is 5.50 Å². The first-order valence-electron chi connectivity index (χ1n) is 9.25. The van der Waals surface area contributed by atoms with Gasteiger partial charge in [-0.1, -0.05) is 4.98 Å². The minimum atomic E-state index is -3.77. The predicted octanol–water partition coefficient (Wildman–Crippen LogP) is 1.55. The maximum absolute atomic E-state index is 12.8. The van der Waals surface area contributed by atoms with Gasteiger partial charge in [-0.05, 0) is 11.3 Å². The Balaban J connectivity index is 2.14. The smallest absolute Gasteiger partial charge is 0.390 e. The SMILES string of the molecule is Cn1c([N+](=O)[O-])nc(CCCN2C(=O)C=CC2=O)c1COP(N)(=O)N(CCCl)CCCl. The molecule has 172 valence electrons. The highest BCUT2D eigenvalue weighted by atomic mass is 35.5. The van der Waals surface area contributed by atoms with Gasteiger partial charge in [0.15, 0.2) is 5.69 Å². The molecule has 1 unspecified atom stereocenters. The number of imide groups is 1. The number of nitro groups is 1. The van der Waals surface area contributed by atoms with E-state index >= 15 is 0 Å². The first kappa shape index (κ1) is 25.4. The Morgan fingerprint density at radius 2 is 1.84 bits per heavy atom. The first-order chi connectivity index (χ1) is 14.6. The molecule has 0 bridgehead atoms. The topological polar surface area (TPSA) is 154 Å². The Bertz CT molecular complexity index is 899. The summed E-state index contributed by atoms with van der Waals surface area (Å²) < 4.78 is 20.8. The van der Waals surface area contributed by atoms with Gasteiger partial charge in [-0.2, -0.15) is 0 Å². The van der Waals surface area contributed by atoms with E-state index in [4.69, 9.17) is 33.2 Å². The summed E-state index contributed by atoms with van der Waals surface area (Å²) >= 11 is 11.4. The van der Waals surface area contributed by atoms with E-state index < -0.39 is 30.4 Å². The number of aromatic nitrogens is 2. The van der Waals surface area contributed by atoms with Crippen LogP contribution >= 0.6 is 30.9 Å². The van der Waals surface area contributed by atoms with E-state index in [1.165, 1.54) is 28.4 Å². The van der Waals surface area contributed by atoms with E-state index in [1.807, 2.05) is 0 Å². The third-order valence-electron chi connectivity index (χ3n) is 4.60. The number of amides is 2. The molecule has 1 aliphatic rings. The molecule has 0 saturated carbocycles. The highest BCUT2D eigenvalue weighted by Crippen LogP contribution is 2.43. The van der Waals surface area contributed by atoms with Gasteiger partial charge < -0.3 is 10.1 Å². The molecule has 0 aliphatic carbocycles. The highest BCUT2D eigenvalue weighted by molar-refractivity contribution is 7.53. The molecule has 2 heterocycles. The molecule has 0 aromatic carbocycles. The zero-order chi connectivity index (χ0) is 23.2. The van der Waals surface area contributed by atoms with Crippen LogP contribution in [-0.2, 0) is 38.8 Å². The molecule has 1 aromatic heterocycles. The zero-order valence-corrected chi connectivity index (χ0v) is 19.2. The van der Waals surface area contributed by atoms with Crippen molar-refractivity contribution >= 4 is 48.6 Å². The molecule has 31 heavy (non-hydrogen) atoms. The lowest BCUT2D eigenvalue weighted by atomic mass is 10.2. The first-order valence-corrected chi connectivity index (χ1v) is 12.0. The molecule has 12 nitrogen and oxygen atoms in total. The van der Waals surface area contributed by atoms with Crippen molar-refractivity contribution in [2.75, 3.05) is 31.4 Å². The Kier molecular flexibility index (Phi) is 9.16. The molecule has 2 N–H and O–H groups in total. The lowest BCUT2D eigenvalue weighted by Gasteiger charge is -2.26. The van der Waals surface area contributed by atoms with Crippen molar-refractivity contribution in [3.05, 3.63) is 33.7 Å². The summed E-state index contributed by atoms with van der Waals surface area (Å²) in [6.07, 6.45) is 2.91. The molecule has 0 spiro atoms. The summed E-state index contributed by atoms with van der Waals surface area (Å²) in [6.45, 7) is 0.202. The van der Waals surface area contributed by atoms with Crippen LogP contribution in [0, 0.1) is 10.1 Å². The van der Waals surface area contributed by atoms with Crippen LogP contribution in [0.5, 0.6) is 0 Å². The summed E-state index contributed by atoms with van der Waals surface area (Å²) in [5, 5.41) is 11.3. The minimum Gasteiger partial charge on any atom is -0.390 e. The van der Waals surface area contributed by atoms with Crippen LogP contribution in [0.4, 0.5) is 5.95 Å². The summed E-state index contributed by atoms with van der Waals surface area (Å²) in [4.78, 5) is 39.0. The summed E-state index contributed by atoms with van der Waals surface area (Å²) in [5.74, 6) is -0.931. The third-order valence-corrected chi connectivity index (χ3v) is 6.62. The fourth-order valence-electron chi connectivity index (χ4n) is 3.00. The standard InChI is InChI=1S/C16H23Cl2N6O6P/c1-21-13(11-30-31(19,29)22(9-6-17)10-7-18)12(20-16(21)24(27)28)3-2-8-23-14(25)4-5-15(23)26/h4-5H,2-3,6-11H2,1H3,(H2,19,29). The van der Waals surface area contributed by atoms with Crippen LogP contribution in [0.15, 0.2) is 12.2 Å². The van der Waals surface area contributed by atoms with Crippen LogP contribution in [0.25, 0.3) is 0 Å². The third kappa shape index (κ3) is 6.34. The molecule has 0 fully saturated rings. The summed E-state index contributed by atoms with van der Waals surface area (Å²) in [6, 6.07) is 0. The summed E-state index contributed by atoms with van der Waals surface area (Å²) in [5.41, 5.74) is 6.48. The normalized spacial score (nSPS) is 15.8. The molecule has 1 aliphatic heterocycles. The van der Waals surface area contributed by atoms with E-state index in [-0.39, 0.29) is 44.4 Å². The fourth-order valence-corrected chi connectivity index (χ4v) is 4.87. The molecule has 0 radical (unpaired) electrons. The number of alkyl halides is 2. The number of nitrogens with zero attached hydrogens (tertiary/aromatic N) is 5. The van der Waals surface area contributed by atoms with Crippen molar-refractivity contribution in [1.82, 2.24) is 19.1 Å². The Labute approximate surface area is 188 Å². The molecule has 0 saturated heterocycles. The van der Waals surface area contributed by atoms with Crippen molar-refractivity contribution in [3.8, 4) is 0 Å². The fraction of sp³-hybridized carbons (Fsp3) is 0.562. The van der Waals surface area contributed by atoms with Crippen molar-refractivity contribution < 1.29 is 23.6 Å². The largest absolute Gasteiger partial charge is 0.434 e. The molecule has 1 atom stereocenters. The van der Waals surface area contributed by atoms with Gasteiger partial charge in [0.05, 0.1) is 7.05 Å². The lowest BCUT2D eigenvalue weighted by Crippen LogP contribution is -2.31. The minimum absolute atomic E-state index is 0.129. The van der Waals surface area contributed by atoms with Crippen molar-refractivity contribution in [2.24, 2.45) is 12.6 Å². The molecule has 2 rings (SSSR count). The second-order valence-corrected chi connectivity index (χ2v) is 9.26. The van der Waals surface area contributed by atoms with Gasteiger partial charge >= 0.3 is 13.6 Å². The maximum Gasteiger partial charge on any atom is 0.434 e. The van der Waals surface area contributed by atoms with Crippen molar-refractivity contribution in [2.45, 2.75) is 19.4 Å². The van der Waals surface area contributed by atoms with Gasteiger partial charge in [0.2, 0.25) is 0 Å². The van der Waals surface area contributed by atoms with Crippen molar-refractivity contribution in [1.29, 1.82) is 0 Å². The van der Waals surface area contributed by atoms with Gasteiger partial charge in [-0.3, -0.25) is 23.6 Å². The monoisotopic (exact) mass is 496 g/mol. The average Bonchev–Trinajstić information content (AvgIpc) is 3.19. The number of imidazole rings is 1. The predicted molar refractivity (Wildman–Crippen MR) is 114 cm³/mol. The Morgan fingerprint density at radius 3 is 2.35 bits per heavy atom. The van der Waals surface area contributed by atoms with E-state index in [9.17, 15) is 24.3 Å². The Morgan fingerprint density at radius 1 is 1.26 bits per heavy atom. The van der Waals surface area contributed by atoms with Crippen LogP contribution in [0.2, 0.25) is 0 Å². The molecule has 15 heteroatoms. The number of nitrogens with two attached hydrogens (primary N) is 1. The van der Waals surface area contributed by atoms with E-state index in [1.54, 1.807) is 0 Å².